The monoisotopic (exact) mass is 218 g/mol. The van der Waals surface area contributed by atoms with E-state index in [1.165, 1.54) is 5.56 Å². The molecule has 1 aromatic rings. The summed E-state index contributed by atoms with van der Waals surface area (Å²) in [6.07, 6.45) is 3.06. The minimum atomic E-state index is 0.156. The topological polar surface area (TPSA) is 9.23 Å². The summed E-state index contributed by atoms with van der Waals surface area (Å²) in [5, 5.41) is 0. The molecule has 1 atom stereocenters. The molecule has 88 valence electrons. The van der Waals surface area contributed by atoms with E-state index < -0.39 is 0 Å². The number of hydrogen-bond donors (Lipinski definition) is 0. The van der Waals surface area contributed by atoms with Crippen molar-refractivity contribution in [3.63, 3.8) is 0 Å². The van der Waals surface area contributed by atoms with Gasteiger partial charge in [0.15, 0.2) is 0 Å². The zero-order valence-electron chi connectivity index (χ0n) is 10.6. The Morgan fingerprint density at radius 2 is 1.88 bits per heavy atom. The molecule has 0 amide bonds. The van der Waals surface area contributed by atoms with Crippen molar-refractivity contribution in [3.8, 4) is 0 Å². The molecular weight excluding hydrogens is 196 g/mol. The second-order valence-electron chi connectivity index (χ2n) is 5.18. The lowest BCUT2D eigenvalue weighted by molar-refractivity contribution is -0.0257. The highest BCUT2D eigenvalue weighted by molar-refractivity contribution is 5.13. The van der Waals surface area contributed by atoms with E-state index in [0.717, 1.165) is 6.42 Å². The van der Waals surface area contributed by atoms with E-state index in [-0.39, 0.29) is 11.5 Å². The van der Waals surface area contributed by atoms with Crippen LogP contribution in [0.3, 0.4) is 0 Å². The van der Waals surface area contributed by atoms with Crippen LogP contribution in [-0.4, -0.2) is 6.10 Å². The highest BCUT2D eigenvalue weighted by Crippen LogP contribution is 2.26. The Kier molecular flexibility index (Phi) is 4.75. The molecule has 1 aromatic carbocycles. The van der Waals surface area contributed by atoms with E-state index in [9.17, 15) is 0 Å². The third-order valence-corrected chi connectivity index (χ3v) is 2.64. The Hall–Kier alpha value is -1.08. The third kappa shape index (κ3) is 4.19. The first-order valence-electron chi connectivity index (χ1n) is 5.80. The first-order chi connectivity index (χ1) is 7.54. The van der Waals surface area contributed by atoms with E-state index in [0.29, 0.717) is 6.61 Å². The van der Waals surface area contributed by atoms with Crippen LogP contribution in [0.1, 0.15) is 32.8 Å². The number of hydrogen-bond acceptors (Lipinski definition) is 1. The van der Waals surface area contributed by atoms with Gasteiger partial charge in [-0.2, -0.15) is 0 Å². The summed E-state index contributed by atoms with van der Waals surface area (Å²) in [5.74, 6) is 0. The summed E-state index contributed by atoms with van der Waals surface area (Å²) in [6, 6.07) is 10.3. The van der Waals surface area contributed by atoms with Crippen molar-refractivity contribution < 1.29 is 4.74 Å². The summed E-state index contributed by atoms with van der Waals surface area (Å²) in [6.45, 7) is 11.1. The quantitative estimate of drug-likeness (QED) is 0.673. The normalized spacial score (nSPS) is 13.4. The Morgan fingerprint density at radius 1 is 1.25 bits per heavy atom. The van der Waals surface area contributed by atoms with Gasteiger partial charge in [-0.1, -0.05) is 57.2 Å². The van der Waals surface area contributed by atoms with Gasteiger partial charge in [-0.25, -0.2) is 0 Å². The molecule has 1 heteroatoms. The van der Waals surface area contributed by atoms with Gasteiger partial charge in [-0.15, -0.1) is 6.58 Å². The van der Waals surface area contributed by atoms with Crippen LogP contribution in [0.2, 0.25) is 0 Å². The average Bonchev–Trinajstić information content (AvgIpc) is 2.24. The molecular formula is C15H22O. The number of benzene rings is 1. The van der Waals surface area contributed by atoms with Gasteiger partial charge in [0.2, 0.25) is 0 Å². The Morgan fingerprint density at radius 3 is 2.38 bits per heavy atom. The predicted octanol–water partition coefficient (Wildman–Crippen LogP) is 4.19. The molecule has 0 aliphatic carbocycles. The maximum Gasteiger partial charge on any atom is 0.0721 e. The molecule has 0 saturated heterocycles. The molecule has 0 heterocycles. The molecule has 0 aliphatic rings. The van der Waals surface area contributed by atoms with Gasteiger partial charge in [-0.05, 0) is 17.4 Å². The molecule has 0 radical (unpaired) electrons. The van der Waals surface area contributed by atoms with Crippen molar-refractivity contribution in [1.29, 1.82) is 0 Å². The minimum Gasteiger partial charge on any atom is -0.373 e. The maximum absolute atomic E-state index is 5.96. The fraction of sp³-hybridized carbons (Fsp3) is 0.467. The van der Waals surface area contributed by atoms with Gasteiger partial charge in [0, 0.05) is 0 Å². The van der Waals surface area contributed by atoms with Crippen LogP contribution in [0, 0.1) is 5.41 Å². The zero-order chi connectivity index (χ0) is 12.0. The van der Waals surface area contributed by atoms with Gasteiger partial charge in [0.25, 0.3) is 0 Å². The SMILES string of the molecule is C=CC[C@H](OCc1ccccc1)C(C)(C)C. The maximum atomic E-state index is 5.96. The lowest BCUT2D eigenvalue weighted by Crippen LogP contribution is -2.28. The van der Waals surface area contributed by atoms with Crippen LogP contribution < -0.4 is 0 Å². The van der Waals surface area contributed by atoms with Crippen molar-refractivity contribution in [2.75, 3.05) is 0 Å². The lowest BCUT2D eigenvalue weighted by Gasteiger charge is -2.30. The van der Waals surface area contributed by atoms with Crippen molar-refractivity contribution in [3.05, 3.63) is 48.6 Å². The molecule has 0 spiro atoms. The highest BCUT2D eigenvalue weighted by Gasteiger charge is 2.23. The van der Waals surface area contributed by atoms with Crippen molar-refractivity contribution in [2.24, 2.45) is 5.41 Å². The fourth-order valence-electron chi connectivity index (χ4n) is 1.59. The van der Waals surface area contributed by atoms with Gasteiger partial charge >= 0.3 is 0 Å². The van der Waals surface area contributed by atoms with E-state index in [1.54, 1.807) is 0 Å². The van der Waals surface area contributed by atoms with Crippen molar-refractivity contribution >= 4 is 0 Å². The highest BCUT2D eigenvalue weighted by atomic mass is 16.5. The molecule has 0 aliphatic heterocycles. The first kappa shape index (κ1) is 13.0. The summed E-state index contributed by atoms with van der Waals surface area (Å²) in [4.78, 5) is 0. The molecule has 0 saturated carbocycles. The van der Waals surface area contributed by atoms with Gasteiger partial charge in [0.1, 0.15) is 0 Å². The van der Waals surface area contributed by atoms with Crippen LogP contribution >= 0.6 is 0 Å². The molecule has 16 heavy (non-hydrogen) atoms. The molecule has 0 bridgehead atoms. The van der Waals surface area contributed by atoms with Crippen molar-refractivity contribution in [2.45, 2.75) is 39.9 Å². The van der Waals surface area contributed by atoms with E-state index in [2.05, 4.69) is 39.5 Å². The first-order valence-corrected chi connectivity index (χ1v) is 5.80. The molecule has 0 fully saturated rings. The molecule has 0 N–H and O–H groups in total. The van der Waals surface area contributed by atoms with Crippen LogP contribution in [-0.2, 0) is 11.3 Å². The fourth-order valence-corrected chi connectivity index (χ4v) is 1.59. The average molecular weight is 218 g/mol. The van der Waals surface area contributed by atoms with E-state index in [4.69, 9.17) is 4.74 Å². The van der Waals surface area contributed by atoms with E-state index in [1.807, 2.05) is 24.3 Å². The van der Waals surface area contributed by atoms with E-state index >= 15 is 0 Å². The molecule has 0 aromatic heterocycles. The molecule has 0 unspecified atom stereocenters. The second kappa shape index (κ2) is 5.86. The van der Waals surface area contributed by atoms with Gasteiger partial charge in [0.05, 0.1) is 12.7 Å². The summed E-state index contributed by atoms with van der Waals surface area (Å²) < 4.78 is 5.96. The Bertz CT molecular complexity index is 308. The largest absolute Gasteiger partial charge is 0.373 e. The molecule has 1 nitrogen and oxygen atoms in total. The summed E-state index contributed by atoms with van der Waals surface area (Å²) in [7, 11) is 0. The lowest BCUT2D eigenvalue weighted by atomic mass is 9.87. The zero-order valence-corrected chi connectivity index (χ0v) is 10.6. The van der Waals surface area contributed by atoms with Crippen LogP contribution in [0.25, 0.3) is 0 Å². The van der Waals surface area contributed by atoms with Gasteiger partial charge < -0.3 is 4.74 Å². The predicted molar refractivity (Wildman–Crippen MR) is 69.3 cm³/mol. The summed E-state index contributed by atoms with van der Waals surface area (Å²) in [5.41, 5.74) is 1.38. The Balaban J connectivity index is 2.54. The van der Waals surface area contributed by atoms with Gasteiger partial charge in [-0.3, -0.25) is 0 Å². The second-order valence-corrected chi connectivity index (χ2v) is 5.18. The van der Waals surface area contributed by atoms with Crippen LogP contribution in [0.5, 0.6) is 0 Å². The smallest absolute Gasteiger partial charge is 0.0721 e. The van der Waals surface area contributed by atoms with Crippen LogP contribution in [0.4, 0.5) is 0 Å². The number of rotatable bonds is 5. The minimum absolute atomic E-state index is 0.156. The van der Waals surface area contributed by atoms with Crippen molar-refractivity contribution in [1.82, 2.24) is 0 Å². The molecule has 1 rings (SSSR count). The number of ether oxygens (including phenoxy) is 1. The Labute approximate surface area is 99.1 Å². The van der Waals surface area contributed by atoms with Crippen LogP contribution in [0.15, 0.2) is 43.0 Å². The summed E-state index contributed by atoms with van der Waals surface area (Å²) >= 11 is 0. The third-order valence-electron chi connectivity index (χ3n) is 2.64. The standard InChI is InChI=1S/C15H22O/c1-5-9-14(15(2,3)4)16-12-13-10-7-6-8-11-13/h5-8,10-11,14H,1,9,12H2,2-4H3/t14-/m0/s1.